The summed E-state index contributed by atoms with van der Waals surface area (Å²) in [5, 5.41) is 14.3. The second-order valence-corrected chi connectivity index (χ2v) is 7.38. The van der Waals surface area contributed by atoms with Gasteiger partial charge in [-0.2, -0.15) is 0 Å². The zero-order valence-corrected chi connectivity index (χ0v) is 13.7. The Kier molecular flexibility index (Phi) is 3.94. The van der Waals surface area contributed by atoms with Crippen LogP contribution in [-0.2, 0) is 10.2 Å². The van der Waals surface area contributed by atoms with E-state index in [1.54, 1.807) is 6.07 Å². The van der Waals surface area contributed by atoms with E-state index in [0.717, 1.165) is 11.5 Å². The first-order valence-corrected chi connectivity index (χ1v) is 8.22. The molecule has 7 nitrogen and oxygen atoms in total. The lowest BCUT2D eigenvalue weighted by Gasteiger charge is -2.12. The van der Waals surface area contributed by atoms with Gasteiger partial charge in [-0.15, -0.1) is 5.10 Å². The molecular weight excluding hydrogens is 302 g/mol. The van der Waals surface area contributed by atoms with Gasteiger partial charge in [-0.1, -0.05) is 37.7 Å². The highest BCUT2D eigenvalue weighted by Crippen LogP contribution is 2.38. The average molecular weight is 321 g/mol. The Morgan fingerprint density at radius 2 is 2.27 bits per heavy atom. The second-order valence-electron chi connectivity index (χ2n) is 6.44. The Labute approximate surface area is 132 Å². The molecule has 3 rings (SSSR count). The van der Waals surface area contributed by atoms with E-state index < -0.39 is 0 Å². The number of aromatic nitrogens is 4. The fraction of sp³-hybridized carbons (Fsp3) is 0.571. The average Bonchev–Trinajstić information content (AvgIpc) is 2.99. The number of aromatic amines is 1. The number of carbonyl (C=O) groups excluding carboxylic acids is 1. The molecule has 0 aromatic carbocycles. The van der Waals surface area contributed by atoms with Gasteiger partial charge in [-0.3, -0.25) is 15.2 Å². The van der Waals surface area contributed by atoms with Crippen LogP contribution in [0.5, 0.6) is 0 Å². The molecule has 0 spiro atoms. The maximum Gasteiger partial charge on any atom is 0.237 e. The molecule has 0 atom stereocenters. The van der Waals surface area contributed by atoms with E-state index in [2.05, 4.69) is 25.7 Å². The summed E-state index contributed by atoms with van der Waals surface area (Å²) in [5.41, 5.74) is 0.692. The smallest absolute Gasteiger partial charge is 0.237 e. The van der Waals surface area contributed by atoms with Crippen LogP contribution in [0, 0.1) is 0 Å². The summed E-state index contributed by atoms with van der Waals surface area (Å²) in [6.07, 6.45) is 2.34. The van der Waals surface area contributed by atoms with E-state index >= 15 is 0 Å². The van der Waals surface area contributed by atoms with Gasteiger partial charge in [0.1, 0.15) is 5.82 Å². The Morgan fingerprint density at radius 1 is 1.50 bits per heavy atom. The van der Waals surface area contributed by atoms with E-state index in [0.29, 0.717) is 17.0 Å². The molecule has 2 aromatic rings. The summed E-state index contributed by atoms with van der Waals surface area (Å²) in [6.45, 7) is 6.10. The van der Waals surface area contributed by atoms with Gasteiger partial charge in [0.05, 0.1) is 11.4 Å². The third-order valence-corrected chi connectivity index (χ3v) is 4.17. The van der Waals surface area contributed by atoms with Gasteiger partial charge in [0, 0.05) is 17.4 Å². The minimum absolute atomic E-state index is 0.112. The minimum atomic E-state index is -0.167. The summed E-state index contributed by atoms with van der Waals surface area (Å²) in [6, 6.07) is 1.75. The van der Waals surface area contributed by atoms with Gasteiger partial charge >= 0.3 is 0 Å². The number of H-pyrrole nitrogens is 1. The lowest BCUT2D eigenvalue weighted by molar-refractivity contribution is -0.113. The van der Waals surface area contributed by atoms with Crippen LogP contribution in [0.4, 0.5) is 5.88 Å². The summed E-state index contributed by atoms with van der Waals surface area (Å²) in [5.74, 6) is 1.88. The van der Waals surface area contributed by atoms with E-state index in [1.165, 1.54) is 24.6 Å². The molecule has 2 heterocycles. The number of hydrogen-bond donors (Lipinski definition) is 2. The van der Waals surface area contributed by atoms with Gasteiger partial charge in [-0.05, 0) is 12.8 Å². The SMILES string of the molecule is CC(C)(C)c1cc(NC(=O)CSc2n[nH]c(C3CC3)n2)on1. The molecule has 0 radical (unpaired) electrons. The maximum atomic E-state index is 11.9. The van der Waals surface area contributed by atoms with E-state index in [9.17, 15) is 4.79 Å². The maximum absolute atomic E-state index is 11.9. The molecule has 0 bridgehead atoms. The van der Waals surface area contributed by atoms with Gasteiger partial charge < -0.3 is 4.52 Å². The third kappa shape index (κ3) is 3.68. The number of carbonyl (C=O) groups is 1. The minimum Gasteiger partial charge on any atom is -0.338 e. The highest BCUT2D eigenvalue weighted by atomic mass is 32.2. The fourth-order valence-corrected chi connectivity index (χ4v) is 2.46. The predicted molar refractivity (Wildman–Crippen MR) is 82.9 cm³/mol. The monoisotopic (exact) mass is 321 g/mol. The van der Waals surface area contributed by atoms with Crippen molar-refractivity contribution < 1.29 is 9.32 Å². The highest BCUT2D eigenvalue weighted by Gasteiger charge is 2.27. The van der Waals surface area contributed by atoms with Crippen molar-refractivity contribution in [2.24, 2.45) is 0 Å². The summed E-state index contributed by atoms with van der Waals surface area (Å²) < 4.78 is 5.13. The first-order chi connectivity index (χ1) is 10.4. The molecule has 0 saturated heterocycles. The topological polar surface area (TPSA) is 96.7 Å². The van der Waals surface area contributed by atoms with Crippen molar-refractivity contribution in [2.45, 2.75) is 50.1 Å². The van der Waals surface area contributed by atoms with E-state index in [1.807, 2.05) is 20.8 Å². The van der Waals surface area contributed by atoms with Crippen molar-refractivity contribution in [2.75, 3.05) is 11.1 Å². The Morgan fingerprint density at radius 3 is 2.91 bits per heavy atom. The van der Waals surface area contributed by atoms with Crippen LogP contribution in [0.2, 0.25) is 0 Å². The fourth-order valence-electron chi connectivity index (χ4n) is 1.85. The van der Waals surface area contributed by atoms with Crippen molar-refractivity contribution in [1.29, 1.82) is 0 Å². The molecule has 1 fully saturated rings. The van der Waals surface area contributed by atoms with Crippen LogP contribution in [0.1, 0.15) is 51.0 Å². The lowest BCUT2D eigenvalue weighted by Crippen LogP contribution is -2.14. The van der Waals surface area contributed by atoms with Gasteiger partial charge in [-0.25, -0.2) is 4.98 Å². The molecule has 118 valence electrons. The Hall–Kier alpha value is -1.83. The molecule has 0 unspecified atom stereocenters. The second kappa shape index (κ2) is 5.75. The van der Waals surface area contributed by atoms with Crippen molar-refractivity contribution in [1.82, 2.24) is 20.3 Å². The van der Waals surface area contributed by atoms with E-state index in [-0.39, 0.29) is 17.1 Å². The standard InChI is InChI=1S/C14H19N5O2S/c1-14(2,3)9-6-11(21-19-9)15-10(20)7-22-13-16-12(17-18-13)8-4-5-8/h6,8H,4-5,7H2,1-3H3,(H,15,20)(H,16,17,18). The first-order valence-electron chi connectivity index (χ1n) is 7.24. The molecule has 0 aliphatic heterocycles. The molecule has 8 heteroatoms. The molecule has 22 heavy (non-hydrogen) atoms. The van der Waals surface area contributed by atoms with Crippen molar-refractivity contribution in [3.8, 4) is 0 Å². The zero-order chi connectivity index (χ0) is 15.7. The molecule has 2 N–H and O–H groups in total. The van der Waals surface area contributed by atoms with Crippen LogP contribution in [0.3, 0.4) is 0 Å². The quantitative estimate of drug-likeness (QED) is 0.822. The van der Waals surface area contributed by atoms with Gasteiger partial charge in [0.2, 0.25) is 16.9 Å². The van der Waals surface area contributed by atoms with Crippen LogP contribution < -0.4 is 5.32 Å². The number of anilines is 1. The van der Waals surface area contributed by atoms with Crippen molar-refractivity contribution in [3.05, 3.63) is 17.6 Å². The molecule has 1 saturated carbocycles. The number of hydrogen-bond acceptors (Lipinski definition) is 6. The lowest BCUT2D eigenvalue weighted by atomic mass is 9.92. The van der Waals surface area contributed by atoms with Gasteiger partial charge in [0.25, 0.3) is 0 Å². The Bertz CT molecular complexity index is 669. The third-order valence-electron chi connectivity index (χ3n) is 3.32. The first kappa shape index (κ1) is 15.1. The number of nitrogens with zero attached hydrogens (tertiary/aromatic N) is 3. The van der Waals surface area contributed by atoms with E-state index in [4.69, 9.17) is 4.52 Å². The molecule has 2 aromatic heterocycles. The zero-order valence-electron chi connectivity index (χ0n) is 12.8. The summed E-state index contributed by atoms with van der Waals surface area (Å²) >= 11 is 1.30. The number of amides is 1. The van der Waals surface area contributed by atoms with Gasteiger partial charge in [0.15, 0.2) is 0 Å². The van der Waals surface area contributed by atoms with Crippen molar-refractivity contribution in [3.63, 3.8) is 0 Å². The predicted octanol–water partition coefficient (Wildman–Crippen LogP) is 2.70. The highest BCUT2D eigenvalue weighted by molar-refractivity contribution is 7.99. The largest absolute Gasteiger partial charge is 0.338 e. The summed E-state index contributed by atoms with van der Waals surface area (Å²) in [7, 11) is 0. The molecule has 1 amide bonds. The van der Waals surface area contributed by atoms with Crippen LogP contribution in [0.15, 0.2) is 15.7 Å². The molecular formula is C14H19N5O2S. The number of nitrogens with one attached hydrogen (secondary N) is 2. The van der Waals surface area contributed by atoms with Crippen molar-refractivity contribution >= 4 is 23.6 Å². The molecule has 1 aliphatic carbocycles. The normalized spacial score (nSPS) is 15.0. The van der Waals surface area contributed by atoms with Crippen LogP contribution in [-0.4, -0.2) is 32.0 Å². The van der Waals surface area contributed by atoms with Crippen LogP contribution >= 0.6 is 11.8 Å². The molecule has 1 aliphatic rings. The Balaban J connectivity index is 1.50. The van der Waals surface area contributed by atoms with Crippen LogP contribution in [0.25, 0.3) is 0 Å². The summed E-state index contributed by atoms with van der Waals surface area (Å²) in [4.78, 5) is 16.3. The number of thioether (sulfide) groups is 1. The number of rotatable bonds is 5.